The number of rotatable bonds is 4. The Morgan fingerprint density at radius 3 is 2.56 bits per heavy atom. The fraction of sp³-hybridized carbons (Fsp3) is 0.462. The van der Waals surface area contributed by atoms with E-state index >= 15 is 0 Å². The van der Waals surface area contributed by atoms with Crippen LogP contribution >= 0.6 is 0 Å². The lowest BCUT2D eigenvalue weighted by Gasteiger charge is -2.23. The third kappa shape index (κ3) is 2.85. The van der Waals surface area contributed by atoms with Crippen molar-refractivity contribution in [2.45, 2.75) is 32.7 Å². The summed E-state index contributed by atoms with van der Waals surface area (Å²) < 4.78 is 31.9. The van der Waals surface area contributed by atoms with E-state index in [4.69, 9.17) is 5.73 Å². The Morgan fingerprint density at radius 1 is 1.44 bits per heavy atom. The zero-order valence-corrected chi connectivity index (χ0v) is 10.7. The number of ether oxygens (including phenoxy) is 1. The average Bonchev–Trinajstić information content (AvgIpc) is 2.28. The van der Waals surface area contributed by atoms with E-state index in [1.165, 1.54) is 13.0 Å². The van der Waals surface area contributed by atoms with Crippen molar-refractivity contribution in [3.8, 4) is 0 Å². The number of hydrogen-bond donors (Lipinski definition) is 1. The number of carbonyl (C=O) groups is 1. The first-order valence-corrected chi connectivity index (χ1v) is 5.68. The molecular formula is C13H17F2NO2. The number of esters is 1. The van der Waals surface area contributed by atoms with Crippen LogP contribution in [0.25, 0.3) is 0 Å². The molecule has 1 atom stereocenters. The monoisotopic (exact) mass is 257 g/mol. The minimum absolute atomic E-state index is 0.103. The van der Waals surface area contributed by atoms with Gasteiger partial charge in [0.25, 0.3) is 0 Å². The second kappa shape index (κ2) is 5.44. The molecule has 1 aromatic carbocycles. The predicted molar refractivity (Wildman–Crippen MR) is 64.4 cm³/mol. The largest absolute Gasteiger partial charge is 0.462 e. The summed E-state index contributed by atoms with van der Waals surface area (Å²) in [6, 6.07) is 3.25. The van der Waals surface area contributed by atoms with Crippen molar-refractivity contribution in [2.24, 2.45) is 5.73 Å². The third-order valence-electron chi connectivity index (χ3n) is 2.70. The van der Waals surface area contributed by atoms with Gasteiger partial charge < -0.3 is 10.5 Å². The number of benzene rings is 1. The number of aryl methyl sites for hydroxylation is 2. The van der Waals surface area contributed by atoms with Crippen LogP contribution in [-0.2, 0) is 9.53 Å². The first kappa shape index (κ1) is 14.6. The van der Waals surface area contributed by atoms with Crippen molar-refractivity contribution in [2.75, 3.05) is 6.61 Å². The molecular weight excluding hydrogens is 240 g/mol. The van der Waals surface area contributed by atoms with Gasteiger partial charge in [-0.05, 0) is 31.9 Å². The Balaban J connectivity index is 3.05. The van der Waals surface area contributed by atoms with Gasteiger partial charge >= 0.3 is 11.9 Å². The molecule has 0 heterocycles. The Labute approximate surface area is 105 Å². The molecule has 0 fully saturated rings. The molecule has 0 aliphatic heterocycles. The minimum Gasteiger partial charge on any atom is -0.462 e. The van der Waals surface area contributed by atoms with E-state index in [2.05, 4.69) is 4.74 Å². The maximum Gasteiger partial charge on any atom is 0.379 e. The van der Waals surface area contributed by atoms with Gasteiger partial charge in [0.05, 0.1) is 6.61 Å². The molecule has 0 radical (unpaired) electrons. The quantitative estimate of drug-likeness (QED) is 0.843. The summed E-state index contributed by atoms with van der Waals surface area (Å²) in [5.74, 6) is -5.31. The fourth-order valence-corrected chi connectivity index (χ4v) is 1.72. The maximum absolute atomic E-state index is 13.8. The molecule has 0 saturated heterocycles. The summed E-state index contributed by atoms with van der Waals surface area (Å²) in [5, 5.41) is 0. The number of hydrogen-bond acceptors (Lipinski definition) is 3. The van der Waals surface area contributed by atoms with E-state index in [1.807, 2.05) is 6.92 Å². The second-order valence-corrected chi connectivity index (χ2v) is 4.18. The molecule has 0 aromatic heterocycles. The van der Waals surface area contributed by atoms with Crippen LogP contribution in [-0.4, -0.2) is 18.5 Å². The van der Waals surface area contributed by atoms with Crippen LogP contribution in [0.2, 0.25) is 0 Å². The average molecular weight is 257 g/mol. The number of alkyl halides is 2. The highest BCUT2D eigenvalue weighted by molar-refractivity contribution is 5.79. The first-order valence-electron chi connectivity index (χ1n) is 5.68. The number of nitrogens with two attached hydrogens (primary N) is 1. The van der Waals surface area contributed by atoms with Crippen molar-refractivity contribution in [3.63, 3.8) is 0 Å². The molecule has 0 saturated carbocycles. The maximum atomic E-state index is 13.8. The van der Waals surface area contributed by atoms with Gasteiger partial charge in [-0.15, -0.1) is 0 Å². The summed E-state index contributed by atoms with van der Waals surface area (Å²) in [7, 11) is 0. The molecule has 2 N–H and O–H groups in total. The van der Waals surface area contributed by atoms with Crippen LogP contribution in [0.15, 0.2) is 18.2 Å². The Morgan fingerprint density at radius 2 is 2.06 bits per heavy atom. The molecule has 100 valence electrons. The number of halogens is 2. The van der Waals surface area contributed by atoms with E-state index < -0.39 is 17.9 Å². The highest BCUT2D eigenvalue weighted by atomic mass is 19.3. The fourth-order valence-electron chi connectivity index (χ4n) is 1.72. The second-order valence-electron chi connectivity index (χ2n) is 4.18. The molecule has 18 heavy (non-hydrogen) atoms. The lowest BCUT2D eigenvalue weighted by molar-refractivity contribution is -0.174. The lowest BCUT2D eigenvalue weighted by Crippen LogP contribution is -2.42. The molecule has 0 aliphatic rings. The van der Waals surface area contributed by atoms with Gasteiger partial charge in [-0.1, -0.05) is 23.8 Å². The van der Waals surface area contributed by atoms with Gasteiger partial charge in [0.2, 0.25) is 0 Å². The molecule has 1 aromatic rings. The topological polar surface area (TPSA) is 52.3 Å². The summed E-state index contributed by atoms with van der Waals surface area (Å²) >= 11 is 0. The molecule has 3 nitrogen and oxygen atoms in total. The standard InChI is InChI=1S/C13H17F2NO2/c1-4-18-12(17)13(14,15)11(16)10-6-5-8(2)7-9(10)3/h5-7,11H,4,16H2,1-3H3/t11-/m0/s1. The molecule has 0 bridgehead atoms. The smallest absolute Gasteiger partial charge is 0.379 e. The van der Waals surface area contributed by atoms with Crippen molar-refractivity contribution in [3.05, 3.63) is 34.9 Å². The van der Waals surface area contributed by atoms with E-state index in [0.29, 0.717) is 5.56 Å². The zero-order valence-electron chi connectivity index (χ0n) is 10.7. The normalized spacial score (nSPS) is 13.2. The van der Waals surface area contributed by atoms with Gasteiger partial charge in [0.15, 0.2) is 0 Å². The van der Waals surface area contributed by atoms with E-state index in [-0.39, 0.29) is 12.2 Å². The Hall–Kier alpha value is -1.49. The van der Waals surface area contributed by atoms with Crippen LogP contribution < -0.4 is 5.73 Å². The molecule has 0 spiro atoms. The van der Waals surface area contributed by atoms with Crippen LogP contribution in [0.3, 0.4) is 0 Å². The van der Waals surface area contributed by atoms with Crippen molar-refractivity contribution in [1.82, 2.24) is 0 Å². The number of carbonyl (C=O) groups excluding carboxylic acids is 1. The molecule has 0 unspecified atom stereocenters. The molecule has 1 rings (SSSR count). The van der Waals surface area contributed by atoms with Crippen LogP contribution in [0.5, 0.6) is 0 Å². The predicted octanol–water partition coefficient (Wildman–Crippen LogP) is 2.50. The van der Waals surface area contributed by atoms with Crippen molar-refractivity contribution >= 4 is 5.97 Å². The van der Waals surface area contributed by atoms with Crippen LogP contribution in [0, 0.1) is 13.8 Å². The van der Waals surface area contributed by atoms with Gasteiger partial charge in [-0.2, -0.15) is 8.78 Å². The van der Waals surface area contributed by atoms with E-state index in [1.54, 1.807) is 19.1 Å². The summed E-state index contributed by atoms with van der Waals surface area (Å²) in [5.41, 5.74) is 7.33. The van der Waals surface area contributed by atoms with Gasteiger partial charge in [-0.3, -0.25) is 0 Å². The highest BCUT2D eigenvalue weighted by Gasteiger charge is 2.48. The van der Waals surface area contributed by atoms with Crippen LogP contribution in [0.4, 0.5) is 8.78 Å². The molecule has 0 aliphatic carbocycles. The van der Waals surface area contributed by atoms with E-state index in [0.717, 1.165) is 5.56 Å². The Kier molecular flexibility index (Phi) is 4.40. The summed E-state index contributed by atoms with van der Waals surface area (Å²) in [6.07, 6.45) is 0. The van der Waals surface area contributed by atoms with Gasteiger partial charge in [0, 0.05) is 0 Å². The molecule has 5 heteroatoms. The van der Waals surface area contributed by atoms with Crippen molar-refractivity contribution in [1.29, 1.82) is 0 Å². The summed E-state index contributed by atoms with van der Waals surface area (Å²) in [4.78, 5) is 11.2. The van der Waals surface area contributed by atoms with Crippen molar-refractivity contribution < 1.29 is 18.3 Å². The summed E-state index contributed by atoms with van der Waals surface area (Å²) in [6.45, 7) is 4.90. The van der Waals surface area contributed by atoms with E-state index in [9.17, 15) is 13.6 Å². The lowest BCUT2D eigenvalue weighted by atomic mass is 9.95. The third-order valence-corrected chi connectivity index (χ3v) is 2.70. The van der Waals surface area contributed by atoms with Gasteiger partial charge in [-0.25, -0.2) is 4.79 Å². The highest BCUT2D eigenvalue weighted by Crippen LogP contribution is 2.32. The first-order chi connectivity index (χ1) is 8.30. The minimum atomic E-state index is -3.73. The van der Waals surface area contributed by atoms with Gasteiger partial charge in [0.1, 0.15) is 6.04 Å². The Bertz CT molecular complexity index is 447. The van der Waals surface area contributed by atoms with Crippen LogP contribution in [0.1, 0.15) is 29.7 Å². The SMILES string of the molecule is CCOC(=O)C(F)(F)[C@@H](N)c1ccc(C)cc1C. The molecule has 0 amide bonds. The zero-order chi connectivity index (χ0) is 13.9.